The van der Waals surface area contributed by atoms with Crippen LogP contribution in [0.4, 0.5) is 11.4 Å². The largest absolute Gasteiger partial charge is 0.399 e. The molecule has 0 fully saturated rings. The summed E-state index contributed by atoms with van der Waals surface area (Å²) in [6.45, 7) is 7.79. The van der Waals surface area contributed by atoms with E-state index in [0.717, 1.165) is 5.69 Å². The number of rotatable bonds is 3. The van der Waals surface area contributed by atoms with Gasteiger partial charge in [0.05, 0.1) is 0 Å². The predicted molar refractivity (Wildman–Crippen MR) is 76.6 cm³/mol. The lowest BCUT2D eigenvalue weighted by Crippen LogP contribution is -2.50. The van der Waals surface area contributed by atoms with Crippen molar-refractivity contribution in [2.24, 2.45) is 0 Å². The van der Waals surface area contributed by atoms with Crippen LogP contribution >= 0.6 is 0 Å². The maximum Gasteiger partial charge on any atom is 0.242 e. The first-order valence-electron chi connectivity index (χ1n) is 6.11. The molecule has 1 rings (SSSR count). The van der Waals surface area contributed by atoms with Gasteiger partial charge in [-0.25, -0.2) is 0 Å². The van der Waals surface area contributed by atoms with Crippen molar-refractivity contribution in [1.82, 2.24) is 5.32 Å². The summed E-state index contributed by atoms with van der Waals surface area (Å²) in [6.07, 6.45) is 0. The smallest absolute Gasteiger partial charge is 0.242 e. The Labute approximate surface area is 109 Å². The van der Waals surface area contributed by atoms with Crippen molar-refractivity contribution in [3.8, 4) is 0 Å². The van der Waals surface area contributed by atoms with E-state index in [4.69, 9.17) is 5.73 Å². The van der Waals surface area contributed by atoms with Crippen LogP contribution in [0.3, 0.4) is 0 Å². The molecule has 0 radical (unpaired) electrons. The second-order valence-corrected chi connectivity index (χ2v) is 5.62. The minimum atomic E-state index is -0.244. The topological polar surface area (TPSA) is 58.4 Å². The first-order valence-corrected chi connectivity index (χ1v) is 6.11. The Morgan fingerprint density at radius 2 is 2.00 bits per heavy atom. The van der Waals surface area contributed by atoms with Crippen molar-refractivity contribution < 1.29 is 4.79 Å². The predicted octanol–water partition coefficient (Wildman–Crippen LogP) is 2.01. The zero-order valence-electron chi connectivity index (χ0n) is 11.8. The molecule has 0 aliphatic carbocycles. The normalized spacial score (nSPS) is 12.9. The van der Waals surface area contributed by atoms with Crippen LogP contribution in [0.15, 0.2) is 24.3 Å². The van der Waals surface area contributed by atoms with Gasteiger partial charge >= 0.3 is 0 Å². The molecule has 0 saturated carbocycles. The van der Waals surface area contributed by atoms with Crippen LogP contribution in [-0.2, 0) is 4.79 Å². The van der Waals surface area contributed by atoms with Crippen molar-refractivity contribution in [3.05, 3.63) is 24.3 Å². The fraction of sp³-hybridized carbons (Fsp3) is 0.500. The van der Waals surface area contributed by atoms with Crippen LogP contribution < -0.4 is 16.0 Å². The van der Waals surface area contributed by atoms with Gasteiger partial charge in [-0.1, -0.05) is 6.07 Å². The van der Waals surface area contributed by atoms with E-state index in [-0.39, 0.29) is 17.5 Å². The Morgan fingerprint density at radius 3 is 2.50 bits per heavy atom. The third-order valence-corrected chi connectivity index (χ3v) is 2.74. The molecule has 1 aromatic rings. The SMILES string of the molecule is CC(C(=O)NC(C)(C)C)N(C)c1cccc(N)c1. The lowest BCUT2D eigenvalue weighted by atomic mass is 10.1. The zero-order valence-corrected chi connectivity index (χ0v) is 11.8. The van der Waals surface area contributed by atoms with E-state index in [1.54, 1.807) is 0 Å². The highest BCUT2D eigenvalue weighted by Crippen LogP contribution is 2.18. The second kappa shape index (κ2) is 5.29. The summed E-state index contributed by atoms with van der Waals surface area (Å²) in [5, 5.41) is 2.97. The molecule has 4 nitrogen and oxygen atoms in total. The summed E-state index contributed by atoms with van der Waals surface area (Å²) in [4.78, 5) is 14.0. The molecule has 3 N–H and O–H groups in total. The van der Waals surface area contributed by atoms with Crippen molar-refractivity contribution in [1.29, 1.82) is 0 Å². The van der Waals surface area contributed by atoms with E-state index in [1.165, 1.54) is 0 Å². The highest BCUT2D eigenvalue weighted by Gasteiger charge is 2.22. The van der Waals surface area contributed by atoms with E-state index < -0.39 is 0 Å². The quantitative estimate of drug-likeness (QED) is 0.806. The molecular weight excluding hydrogens is 226 g/mol. The molecule has 4 heteroatoms. The maximum absolute atomic E-state index is 12.1. The van der Waals surface area contributed by atoms with E-state index in [2.05, 4.69) is 5.32 Å². The van der Waals surface area contributed by atoms with Crippen molar-refractivity contribution in [3.63, 3.8) is 0 Å². The van der Waals surface area contributed by atoms with E-state index in [0.29, 0.717) is 5.69 Å². The third-order valence-electron chi connectivity index (χ3n) is 2.74. The molecule has 1 aromatic carbocycles. The van der Waals surface area contributed by atoms with Gasteiger partial charge < -0.3 is 16.0 Å². The van der Waals surface area contributed by atoms with Crippen molar-refractivity contribution in [2.45, 2.75) is 39.3 Å². The van der Waals surface area contributed by atoms with Gasteiger partial charge in [-0.2, -0.15) is 0 Å². The fourth-order valence-electron chi connectivity index (χ4n) is 1.62. The number of carbonyl (C=O) groups excluding carboxylic acids is 1. The molecular formula is C14H23N3O. The molecule has 18 heavy (non-hydrogen) atoms. The average molecular weight is 249 g/mol. The molecule has 0 saturated heterocycles. The van der Waals surface area contributed by atoms with E-state index in [9.17, 15) is 4.79 Å². The first-order chi connectivity index (χ1) is 8.20. The van der Waals surface area contributed by atoms with Gasteiger partial charge in [0.2, 0.25) is 5.91 Å². The number of nitrogens with zero attached hydrogens (tertiary/aromatic N) is 1. The summed E-state index contributed by atoms with van der Waals surface area (Å²) >= 11 is 0. The minimum absolute atomic E-state index is 0.00687. The zero-order chi connectivity index (χ0) is 13.9. The van der Waals surface area contributed by atoms with Crippen LogP contribution in [0.5, 0.6) is 0 Å². The number of carbonyl (C=O) groups is 1. The van der Waals surface area contributed by atoms with E-state index in [1.807, 2.05) is 63.9 Å². The Kier molecular flexibility index (Phi) is 4.22. The monoisotopic (exact) mass is 249 g/mol. The molecule has 0 heterocycles. The number of benzene rings is 1. The molecule has 0 aromatic heterocycles. The molecule has 0 bridgehead atoms. The Balaban J connectivity index is 2.78. The van der Waals surface area contributed by atoms with Crippen LogP contribution in [-0.4, -0.2) is 24.5 Å². The van der Waals surface area contributed by atoms with Crippen LogP contribution in [0.1, 0.15) is 27.7 Å². The molecule has 0 spiro atoms. The first kappa shape index (κ1) is 14.4. The summed E-state index contributed by atoms with van der Waals surface area (Å²) in [5.74, 6) is 0.00687. The Hall–Kier alpha value is -1.71. The maximum atomic E-state index is 12.1. The third kappa shape index (κ3) is 3.95. The molecule has 0 aliphatic rings. The average Bonchev–Trinajstić information content (AvgIpc) is 2.24. The lowest BCUT2D eigenvalue weighted by molar-refractivity contribution is -0.123. The summed E-state index contributed by atoms with van der Waals surface area (Å²) in [5.41, 5.74) is 7.16. The highest BCUT2D eigenvalue weighted by atomic mass is 16.2. The minimum Gasteiger partial charge on any atom is -0.399 e. The van der Waals surface area contributed by atoms with Crippen LogP contribution in [0.2, 0.25) is 0 Å². The summed E-state index contributed by atoms with van der Waals surface area (Å²) in [6, 6.07) is 7.27. The van der Waals surface area contributed by atoms with Crippen molar-refractivity contribution >= 4 is 17.3 Å². The fourth-order valence-corrected chi connectivity index (χ4v) is 1.62. The summed E-state index contributed by atoms with van der Waals surface area (Å²) in [7, 11) is 1.89. The van der Waals surface area contributed by atoms with Gasteiger partial charge in [0.25, 0.3) is 0 Å². The molecule has 1 unspecified atom stereocenters. The number of nitrogens with one attached hydrogen (secondary N) is 1. The lowest BCUT2D eigenvalue weighted by Gasteiger charge is -2.30. The number of hydrogen-bond donors (Lipinski definition) is 2. The van der Waals surface area contributed by atoms with Gasteiger partial charge in [0.1, 0.15) is 6.04 Å². The second-order valence-electron chi connectivity index (χ2n) is 5.62. The van der Waals surface area contributed by atoms with Crippen LogP contribution in [0.25, 0.3) is 0 Å². The number of anilines is 2. The number of nitrogen functional groups attached to an aromatic ring is 1. The van der Waals surface area contributed by atoms with Gasteiger partial charge in [-0.15, -0.1) is 0 Å². The molecule has 1 atom stereocenters. The van der Waals surface area contributed by atoms with Gasteiger partial charge in [-0.05, 0) is 45.9 Å². The Bertz CT molecular complexity index is 423. The number of nitrogens with two attached hydrogens (primary N) is 1. The Morgan fingerprint density at radius 1 is 1.39 bits per heavy atom. The molecule has 1 amide bonds. The number of likely N-dealkylation sites (N-methyl/N-ethyl adjacent to an activating group) is 1. The van der Waals surface area contributed by atoms with E-state index >= 15 is 0 Å². The van der Waals surface area contributed by atoms with Crippen molar-refractivity contribution in [2.75, 3.05) is 17.7 Å². The van der Waals surface area contributed by atoms with Gasteiger partial charge in [0.15, 0.2) is 0 Å². The molecule has 100 valence electrons. The molecule has 0 aliphatic heterocycles. The highest BCUT2D eigenvalue weighted by molar-refractivity contribution is 5.85. The van der Waals surface area contributed by atoms with Gasteiger partial charge in [0, 0.05) is 24.0 Å². The number of hydrogen-bond acceptors (Lipinski definition) is 3. The number of amides is 1. The standard InChI is InChI=1S/C14H23N3O/c1-10(13(18)16-14(2,3)4)17(5)12-8-6-7-11(15)9-12/h6-10H,15H2,1-5H3,(H,16,18). The van der Waals surface area contributed by atoms with Crippen LogP contribution in [0, 0.1) is 0 Å². The summed E-state index contributed by atoms with van der Waals surface area (Å²) < 4.78 is 0. The van der Waals surface area contributed by atoms with Gasteiger partial charge in [-0.3, -0.25) is 4.79 Å².